The van der Waals surface area contributed by atoms with Crippen LogP contribution >= 0.6 is 11.6 Å². The Morgan fingerprint density at radius 2 is 1.88 bits per heavy atom. The maximum atomic E-state index is 12.7. The fourth-order valence-electron chi connectivity index (χ4n) is 4.30. The highest BCUT2D eigenvalue weighted by molar-refractivity contribution is 6.32. The molecule has 0 aromatic heterocycles. The fourth-order valence-corrected chi connectivity index (χ4v) is 4.59. The first kappa shape index (κ1) is 24.2. The normalized spacial score (nSPS) is 21.0. The Kier molecular flexibility index (Phi) is 7.19. The topological polar surface area (TPSA) is 70.6 Å². The molecule has 2 unspecified atom stereocenters. The first-order valence-electron chi connectivity index (χ1n) is 10.9. The van der Waals surface area contributed by atoms with Crippen LogP contribution in [-0.2, 0) is 11.2 Å². The number of amides is 1. The molecule has 0 radical (unpaired) electrons. The maximum absolute atomic E-state index is 12.7. The first-order chi connectivity index (χ1) is 16.2. The van der Waals surface area contributed by atoms with E-state index in [1.54, 1.807) is 6.07 Å². The highest BCUT2D eigenvalue weighted by Crippen LogP contribution is 2.38. The molecule has 34 heavy (non-hydrogen) atoms. The van der Waals surface area contributed by atoms with E-state index in [0.717, 1.165) is 28.8 Å². The highest BCUT2D eigenvalue weighted by atomic mass is 35.5. The number of hydrogen-bond donors (Lipinski definition) is 3. The molecule has 2 aliphatic rings. The second-order valence-electron chi connectivity index (χ2n) is 8.32. The van der Waals surface area contributed by atoms with Crippen molar-refractivity contribution in [3.63, 3.8) is 0 Å². The SMILES string of the molecule is O=C1NC(O)NC(C2CC=C(c3ccc(OCC(F)(F)F)cc3Cl)CC2)=C1Cc1ccccc1. The van der Waals surface area contributed by atoms with Gasteiger partial charge in [-0.05, 0) is 54.2 Å². The van der Waals surface area contributed by atoms with Crippen LogP contribution in [0.15, 0.2) is 65.9 Å². The molecule has 2 aromatic carbocycles. The van der Waals surface area contributed by atoms with Gasteiger partial charge in [0.05, 0.1) is 5.02 Å². The summed E-state index contributed by atoms with van der Waals surface area (Å²) in [6.45, 7) is -1.38. The lowest BCUT2D eigenvalue weighted by Gasteiger charge is -2.33. The molecular formula is C25H24ClF3N2O3. The van der Waals surface area contributed by atoms with Gasteiger partial charge in [0.25, 0.3) is 5.91 Å². The largest absolute Gasteiger partial charge is 0.484 e. The number of carbonyl (C=O) groups excluding carboxylic acids is 1. The summed E-state index contributed by atoms with van der Waals surface area (Å²) in [5, 5.41) is 15.9. The van der Waals surface area contributed by atoms with Crippen molar-refractivity contribution in [1.82, 2.24) is 10.6 Å². The number of aliphatic hydroxyl groups is 1. The van der Waals surface area contributed by atoms with Gasteiger partial charge in [-0.1, -0.05) is 48.0 Å². The average molecular weight is 493 g/mol. The van der Waals surface area contributed by atoms with Gasteiger partial charge in [0.1, 0.15) is 5.75 Å². The van der Waals surface area contributed by atoms with Gasteiger partial charge in [-0.3, -0.25) is 4.79 Å². The van der Waals surface area contributed by atoms with Gasteiger partial charge < -0.3 is 20.5 Å². The minimum atomic E-state index is -4.42. The van der Waals surface area contributed by atoms with Gasteiger partial charge in [0.15, 0.2) is 6.61 Å². The lowest BCUT2D eigenvalue weighted by molar-refractivity contribution is -0.153. The van der Waals surface area contributed by atoms with Gasteiger partial charge >= 0.3 is 6.18 Å². The third-order valence-electron chi connectivity index (χ3n) is 5.89. The van der Waals surface area contributed by atoms with Crippen LogP contribution in [-0.4, -0.2) is 30.1 Å². The van der Waals surface area contributed by atoms with Crippen molar-refractivity contribution in [2.75, 3.05) is 6.61 Å². The van der Waals surface area contributed by atoms with E-state index in [1.807, 2.05) is 36.4 Å². The monoisotopic (exact) mass is 492 g/mol. The predicted molar refractivity (Wildman–Crippen MR) is 123 cm³/mol. The van der Waals surface area contributed by atoms with Crippen molar-refractivity contribution in [2.45, 2.75) is 38.2 Å². The molecule has 5 nitrogen and oxygen atoms in total. The summed E-state index contributed by atoms with van der Waals surface area (Å²) in [4.78, 5) is 12.7. The number of aliphatic hydroxyl groups excluding tert-OH is 1. The first-order valence-corrected chi connectivity index (χ1v) is 11.3. The molecule has 180 valence electrons. The molecule has 1 heterocycles. The molecule has 0 saturated heterocycles. The smallest absolute Gasteiger partial charge is 0.422 e. The lowest BCUT2D eigenvalue weighted by Crippen LogP contribution is -2.52. The number of hydrogen-bond acceptors (Lipinski definition) is 4. The van der Waals surface area contributed by atoms with Gasteiger partial charge in [0, 0.05) is 23.6 Å². The number of halogens is 4. The third-order valence-corrected chi connectivity index (χ3v) is 6.20. The summed E-state index contributed by atoms with van der Waals surface area (Å²) < 4.78 is 41.9. The second-order valence-corrected chi connectivity index (χ2v) is 8.73. The molecule has 0 fully saturated rings. The predicted octanol–water partition coefficient (Wildman–Crippen LogP) is 4.96. The van der Waals surface area contributed by atoms with Crippen LogP contribution in [0.5, 0.6) is 5.75 Å². The van der Waals surface area contributed by atoms with Crippen molar-refractivity contribution < 1.29 is 27.8 Å². The molecule has 3 N–H and O–H groups in total. The summed E-state index contributed by atoms with van der Waals surface area (Å²) in [6.07, 6.45) is -1.09. The minimum absolute atomic E-state index is 0.0105. The van der Waals surface area contributed by atoms with E-state index >= 15 is 0 Å². The molecule has 1 aliphatic heterocycles. The number of ether oxygens (including phenoxy) is 1. The van der Waals surface area contributed by atoms with Crippen molar-refractivity contribution in [3.05, 3.63) is 82.0 Å². The van der Waals surface area contributed by atoms with E-state index in [2.05, 4.69) is 10.6 Å². The zero-order valence-electron chi connectivity index (χ0n) is 18.2. The minimum Gasteiger partial charge on any atom is -0.484 e. The van der Waals surface area contributed by atoms with E-state index in [1.165, 1.54) is 12.1 Å². The second kappa shape index (κ2) is 10.1. The molecule has 0 spiro atoms. The van der Waals surface area contributed by atoms with Crippen LogP contribution < -0.4 is 15.4 Å². The summed E-state index contributed by atoms with van der Waals surface area (Å²) in [7, 11) is 0. The molecule has 0 bridgehead atoms. The Hall–Kier alpha value is -2.97. The van der Waals surface area contributed by atoms with Gasteiger partial charge in [0.2, 0.25) is 6.35 Å². The van der Waals surface area contributed by atoms with Crippen LogP contribution in [0.1, 0.15) is 30.4 Å². The summed E-state index contributed by atoms with van der Waals surface area (Å²) in [6, 6.07) is 14.2. The quantitative estimate of drug-likeness (QED) is 0.533. The van der Waals surface area contributed by atoms with Crippen molar-refractivity contribution in [2.24, 2.45) is 5.92 Å². The van der Waals surface area contributed by atoms with Crippen molar-refractivity contribution >= 4 is 23.1 Å². The summed E-state index contributed by atoms with van der Waals surface area (Å²) in [5.74, 6) is -0.226. The third kappa shape index (κ3) is 5.93. The fraction of sp³-hybridized carbons (Fsp3) is 0.320. The van der Waals surface area contributed by atoms with E-state index in [9.17, 15) is 23.1 Å². The maximum Gasteiger partial charge on any atom is 0.422 e. The molecular weight excluding hydrogens is 469 g/mol. The van der Waals surface area contributed by atoms with Crippen LogP contribution in [0.25, 0.3) is 5.57 Å². The van der Waals surface area contributed by atoms with Crippen LogP contribution in [0.3, 0.4) is 0 Å². The van der Waals surface area contributed by atoms with E-state index in [0.29, 0.717) is 29.9 Å². The molecule has 2 aromatic rings. The van der Waals surface area contributed by atoms with Crippen molar-refractivity contribution in [3.8, 4) is 5.75 Å². The standard InChI is InChI=1S/C25H24ClF3N2O3/c26-21-13-18(34-14-25(27,28)29)10-11-19(21)16-6-8-17(9-7-16)22-20(23(32)31-24(33)30-22)12-15-4-2-1-3-5-15/h1-6,10-11,13,17,24,30,33H,7-9,12,14H2,(H,31,32). The van der Waals surface area contributed by atoms with E-state index in [4.69, 9.17) is 16.3 Å². The van der Waals surface area contributed by atoms with Crippen LogP contribution in [0, 0.1) is 5.92 Å². The van der Waals surface area contributed by atoms with Crippen LogP contribution in [0.2, 0.25) is 5.02 Å². The van der Waals surface area contributed by atoms with Crippen molar-refractivity contribution in [1.29, 1.82) is 0 Å². The number of nitrogens with one attached hydrogen (secondary N) is 2. The molecule has 9 heteroatoms. The lowest BCUT2D eigenvalue weighted by atomic mass is 9.82. The Morgan fingerprint density at radius 3 is 2.53 bits per heavy atom. The van der Waals surface area contributed by atoms with E-state index in [-0.39, 0.29) is 17.6 Å². The highest BCUT2D eigenvalue weighted by Gasteiger charge is 2.31. The molecule has 1 amide bonds. The Bertz CT molecular complexity index is 1120. The molecule has 0 saturated carbocycles. The van der Waals surface area contributed by atoms with Gasteiger partial charge in [-0.2, -0.15) is 13.2 Å². The average Bonchev–Trinajstić information content (AvgIpc) is 2.80. The Morgan fingerprint density at radius 1 is 1.12 bits per heavy atom. The Labute approximate surface area is 200 Å². The number of allylic oxidation sites excluding steroid dienone is 3. The number of alkyl halides is 3. The Balaban J connectivity index is 1.51. The number of rotatable bonds is 6. The molecule has 1 aliphatic carbocycles. The molecule has 2 atom stereocenters. The van der Waals surface area contributed by atoms with Gasteiger partial charge in [-0.15, -0.1) is 0 Å². The zero-order chi connectivity index (χ0) is 24.3. The summed E-state index contributed by atoms with van der Waals surface area (Å²) in [5.41, 5.74) is 4.05. The number of benzene rings is 2. The molecule has 4 rings (SSSR count). The van der Waals surface area contributed by atoms with E-state index < -0.39 is 19.1 Å². The number of carbonyl (C=O) groups is 1. The van der Waals surface area contributed by atoms with Crippen LogP contribution in [0.4, 0.5) is 13.2 Å². The zero-order valence-corrected chi connectivity index (χ0v) is 18.9. The van der Waals surface area contributed by atoms with Gasteiger partial charge in [-0.25, -0.2) is 0 Å². The summed E-state index contributed by atoms with van der Waals surface area (Å²) >= 11 is 6.34.